The summed E-state index contributed by atoms with van der Waals surface area (Å²) in [6, 6.07) is 1.77. The maximum atomic E-state index is 5.60. The van der Waals surface area contributed by atoms with Gasteiger partial charge in [0, 0.05) is 25.5 Å². The van der Waals surface area contributed by atoms with Gasteiger partial charge in [0.25, 0.3) is 0 Å². The topological polar surface area (TPSA) is 38.2 Å². The second-order valence-electron chi connectivity index (χ2n) is 2.53. The zero-order valence-corrected chi connectivity index (χ0v) is 8.45. The van der Waals surface area contributed by atoms with E-state index in [1.54, 1.807) is 13.2 Å². The van der Waals surface area contributed by atoms with Gasteiger partial charge in [-0.2, -0.15) is 0 Å². The summed E-state index contributed by atoms with van der Waals surface area (Å²) in [5.74, 6) is 1.95. The van der Waals surface area contributed by atoms with Crippen molar-refractivity contribution >= 4 is 17.4 Å². The van der Waals surface area contributed by atoms with E-state index in [9.17, 15) is 0 Å². The van der Waals surface area contributed by atoms with E-state index in [0.717, 1.165) is 12.4 Å². The highest BCUT2D eigenvalue weighted by Crippen LogP contribution is 2.13. The van der Waals surface area contributed by atoms with Crippen LogP contribution in [0.4, 0.5) is 5.82 Å². The van der Waals surface area contributed by atoms with E-state index in [1.165, 1.54) is 6.33 Å². The second-order valence-corrected chi connectivity index (χ2v) is 2.91. The summed E-state index contributed by atoms with van der Waals surface area (Å²) >= 11 is 5.60. The minimum Gasteiger partial charge on any atom is -0.481 e. The molecule has 0 spiro atoms. The molecule has 4 nitrogen and oxygen atoms in total. The van der Waals surface area contributed by atoms with Crippen molar-refractivity contribution in [1.29, 1.82) is 0 Å². The first kappa shape index (κ1) is 10.1. The molecule has 72 valence electrons. The number of ether oxygens (including phenoxy) is 1. The van der Waals surface area contributed by atoms with Crippen LogP contribution in [0.3, 0.4) is 0 Å². The van der Waals surface area contributed by atoms with E-state index >= 15 is 0 Å². The molecule has 0 N–H and O–H groups in total. The molecular formula is C8H12ClN3O. The maximum Gasteiger partial charge on any atom is 0.218 e. The Morgan fingerprint density at radius 3 is 2.92 bits per heavy atom. The Hall–Kier alpha value is -1.03. The Kier molecular flexibility index (Phi) is 3.76. The van der Waals surface area contributed by atoms with Crippen LogP contribution in [0.25, 0.3) is 0 Å². The van der Waals surface area contributed by atoms with Crippen molar-refractivity contribution in [2.45, 2.75) is 0 Å². The number of nitrogens with zero attached hydrogens (tertiary/aromatic N) is 3. The molecule has 0 aliphatic carbocycles. The lowest BCUT2D eigenvalue weighted by Gasteiger charge is -2.16. The summed E-state index contributed by atoms with van der Waals surface area (Å²) in [7, 11) is 3.50. The summed E-state index contributed by atoms with van der Waals surface area (Å²) in [5.41, 5.74) is 0. The first-order valence-electron chi connectivity index (χ1n) is 3.91. The number of hydrogen-bond acceptors (Lipinski definition) is 4. The van der Waals surface area contributed by atoms with Crippen molar-refractivity contribution in [3.63, 3.8) is 0 Å². The van der Waals surface area contributed by atoms with Crippen LogP contribution in [-0.2, 0) is 0 Å². The number of aromatic nitrogens is 2. The lowest BCUT2D eigenvalue weighted by atomic mass is 10.5. The molecule has 0 bridgehead atoms. The molecule has 1 heterocycles. The molecule has 0 fully saturated rings. The third-order valence-electron chi connectivity index (χ3n) is 1.65. The van der Waals surface area contributed by atoms with Gasteiger partial charge in [-0.05, 0) is 0 Å². The standard InChI is InChI=1S/C8H12ClN3O/c1-12(4-3-9)7-5-8(13-2)11-6-10-7/h5-6H,3-4H2,1-2H3. The predicted octanol–water partition coefficient (Wildman–Crippen LogP) is 1.16. The summed E-state index contributed by atoms with van der Waals surface area (Å²) in [6.07, 6.45) is 1.47. The van der Waals surface area contributed by atoms with Gasteiger partial charge in [0.1, 0.15) is 12.1 Å². The summed E-state index contributed by atoms with van der Waals surface area (Å²) in [4.78, 5) is 9.93. The van der Waals surface area contributed by atoms with Crippen molar-refractivity contribution < 1.29 is 4.74 Å². The fourth-order valence-electron chi connectivity index (χ4n) is 0.892. The third-order valence-corrected chi connectivity index (χ3v) is 1.82. The Labute approximate surface area is 82.5 Å². The minimum absolute atomic E-state index is 0.562. The van der Waals surface area contributed by atoms with Crippen molar-refractivity contribution in [1.82, 2.24) is 9.97 Å². The highest BCUT2D eigenvalue weighted by molar-refractivity contribution is 6.18. The van der Waals surface area contributed by atoms with Gasteiger partial charge in [-0.1, -0.05) is 0 Å². The first-order chi connectivity index (χ1) is 6.27. The van der Waals surface area contributed by atoms with Crippen molar-refractivity contribution in [2.75, 3.05) is 31.5 Å². The molecule has 5 heteroatoms. The van der Waals surface area contributed by atoms with Crippen molar-refractivity contribution in [3.05, 3.63) is 12.4 Å². The molecule has 0 saturated heterocycles. The average molecular weight is 202 g/mol. The molecule has 0 radical (unpaired) electrons. The Balaban J connectivity index is 2.75. The van der Waals surface area contributed by atoms with Crippen LogP contribution in [0.2, 0.25) is 0 Å². The Morgan fingerprint density at radius 2 is 2.31 bits per heavy atom. The second kappa shape index (κ2) is 4.87. The minimum atomic E-state index is 0.562. The van der Waals surface area contributed by atoms with Crippen LogP contribution in [0.15, 0.2) is 12.4 Å². The largest absolute Gasteiger partial charge is 0.481 e. The normalized spacial score (nSPS) is 9.77. The number of hydrogen-bond donors (Lipinski definition) is 0. The zero-order chi connectivity index (χ0) is 9.68. The van der Waals surface area contributed by atoms with E-state index in [1.807, 2.05) is 11.9 Å². The summed E-state index contributed by atoms with van der Waals surface area (Å²) in [6.45, 7) is 0.752. The van der Waals surface area contributed by atoms with Crippen LogP contribution in [0, 0.1) is 0 Å². The molecular weight excluding hydrogens is 190 g/mol. The molecule has 0 aliphatic rings. The maximum absolute atomic E-state index is 5.60. The SMILES string of the molecule is COc1cc(N(C)CCCl)ncn1. The molecule has 1 aromatic heterocycles. The van der Waals surface area contributed by atoms with Crippen LogP contribution in [0.1, 0.15) is 0 Å². The van der Waals surface area contributed by atoms with Crippen LogP contribution in [0.5, 0.6) is 5.88 Å². The molecule has 0 amide bonds. The van der Waals surface area contributed by atoms with Gasteiger partial charge in [-0.3, -0.25) is 0 Å². The van der Waals surface area contributed by atoms with E-state index < -0.39 is 0 Å². The van der Waals surface area contributed by atoms with Crippen LogP contribution < -0.4 is 9.64 Å². The molecule has 1 aromatic rings. The number of halogens is 1. The van der Waals surface area contributed by atoms with Crippen LogP contribution >= 0.6 is 11.6 Å². The van der Waals surface area contributed by atoms with E-state index in [4.69, 9.17) is 16.3 Å². The van der Waals surface area contributed by atoms with Gasteiger partial charge in [0.15, 0.2) is 0 Å². The van der Waals surface area contributed by atoms with Gasteiger partial charge in [-0.15, -0.1) is 11.6 Å². The monoisotopic (exact) mass is 201 g/mol. The fourth-order valence-corrected chi connectivity index (χ4v) is 1.15. The highest BCUT2D eigenvalue weighted by atomic mass is 35.5. The van der Waals surface area contributed by atoms with E-state index in [-0.39, 0.29) is 0 Å². The first-order valence-corrected chi connectivity index (χ1v) is 4.44. The van der Waals surface area contributed by atoms with Gasteiger partial charge in [-0.25, -0.2) is 9.97 Å². The molecule has 0 aromatic carbocycles. The molecule has 0 aliphatic heterocycles. The van der Waals surface area contributed by atoms with Crippen LogP contribution in [-0.4, -0.2) is 36.6 Å². The molecule has 0 atom stereocenters. The number of methoxy groups -OCH3 is 1. The zero-order valence-electron chi connectivity index (χ0n) is 7.70. The Bertz CT molecular complexity index is 269. The molecule has 0 unspecified atom stereocenters. The lowest BCUT2D eigenvalue weighted by molar-refractivity contribution is 0.397. The van der Waals surface area contributed by atoms with E-state index in [2.05, 4.69) is 9.97 Å². The molecule has 1 rings (SSSR count). The van der Waals surface area contributed by atoms with Crippen molar-refractivity contribution in [3.8, 4) is 5.88 Å². The smallest absolute Gasteiger partial charge is 0.218 e. The number of rotatable bonds is 4. The lowest BCUT2D eigenvalue weighted by Crippen LogP contribution is -2.20. The average Bonchev–Trinajstić information content (AvgIpc) is 2.18. The van der Waals surface area contributed by atoms with Gasteiger partial charge < -0.3 is 9.64 Å². The fraction of sp³-hybridized carbons (Fsp3) is 0.500. The van der Waals surface area contributed by atoms with Gasteiger partial charge in [0.05, 0.1) is 7.11 Å². The predicted molar refractivity (Wildman–Crippen MR) is 52.6 cm³/mol. The number of anilines is 1. The quantitative estimate of drug-likeness (QED) is 0.686. The highest BCUT2D eigenvalue weighted by Gasteiger charge is 2.02. The van der Waals surface area contributed by atoms with E-state index in [0.29, 0.717) is 11.8 Å². The molecule has 13 heavy (non-hydrogen) atoms. The number of alkyl halides is 1. The van der Waals surface area contributed by atoms with Gasteiger partial charge >= 0.3 is 0 Å². The Morgan fingerprint density at radius 1 is 1.54 bits per heavy atom. The third kappa shape index (κ3) is 2.73. The van der Waals surface area contributed by atoms with Gasteiger partial charge in [0.2, 0.25) is 5.88 Å². The summed E-state index contributed by atoms with van der Waals surface area (Å²) < 4.78 is 4.97. The van der Waals surface area contributed by atoms with Crippen molar-refractivity contribution in [2.24, 2.45) is 0 Å². The summed E-state index contributed by atoms with van der Waals surface area (Å²) in [5, 5.41) is 0. The molecule has 0 saturated carbocycles.